The lowest BCUT2D eigenvalue weighted by atomic mass is 10.2. The molecule has 0 saturated carbocycles. The molecule has 0 atom stereocenters. The van der Waals surface area contributed by atoms with Crippen molar-refractivity contribution in [1.82, 2.24) is 9.97 Å². The molecule has 6 nitrogen and oxygen atoms in total. The highest BCUT2D eigenvalue weighted by atomic mass is 35.5. The van der Waals surface area contributed by atoms with Crippen LogP contribution in [0.3, 0.4) is 0 Å². The summed E-state index contributed by atoms with van der Waals surface area (Å²) < 4.78 is 10.6. The number of rotatable bonds is 7. The predicted octanol–water partition coefficient (Wildman–Crippen LogP) is 4.50. The van der Waals surface area contributed by atoms with Gasteiger partial charge in [-0.1, -0.05) is 29.8 Å². The Bertz CT molecular complexity index is 889. The zero-order valence-electron chi connectivity index (χ0n) is 14.5. The zero-order chi connectivity index (χ0) is 18.4. The van der Waals surface area contributed by atoms with Crippen molar-refractivity contribution in [3.05, 3.63) is 65.3 Å². The van der Waals surface area contributed by atoms with Gasteiger partial charge in [-0.2, -0.15) is 4.98 Å². The summed E-state index contributed by atoms with van der Waals surface area (Å²) in [5.41, 5.74) is 1.73. The molecule has 1 aromatic heterocycles. The van der Waals surface area contributed by atoms with Gasteiger partial charge in [0.1, 0.15) is 17.3 Å². The SMILES string of the molecule is COc1ccc(OC)c(Nc2ccnc(NCc3ccccc3Cl)n2)c1. The molecule has 0 bridgehead atoms. The van der Waals surface area contributed by atoms with Crippen molar-refractivity contribution in [3.8, 4) is 11.5 Å². The second-order valence-corrected chi connectivity index (χ2v) is 5.81. The van der Waals surface area contributed by atoms with Crippen LogP contribution in [-0.4, -0.2) is 24.2 Å². The summed E-state index contributed by atoms with van der Waals surface area (Å²) in [6.45, 7) is 0.533. The maximum Gasteiger partial charge on any atom is 0.224 e. The van der Waals surface area contributed by atoms with Crippen LogP contribution < -0.4 is 20.1 Å². The highest BCUT2D eigenvalue weighted by Gasteiger charge is 2.07. The molecule has 26 heavy (non-hydrogen) atoms. The summed E-state index contributed by atoms with van der Waals surface area (Å²) in [4.78, 5) is 8.71. The first-order chi connectivity index (χ1) is 12.7. The van der Waals surface area contributed by atoms with E-state index >= 15 is 0 Å². The van der Waals surface area contributed by atoms with E-state index in [1.807, 2.05) is 42.5 Å². The molecule has 0 amide bonds. The summed E-state index contributed by atoms with van der Waals surface area (Å²) in [6.07, 6.45) is 1.68. The maximum absolute atomic E-state index is 6.17. The number of methoxy groups -OCH3 is 2. The number of halogens is 1. The average Bonchev–Trinajstić information content (AvgIpc) is 2.67. The minimum Gasteiger partial charge on any atom is -0.497 e. The third kappa shape index (κ3) is 4.34. The Morgan fingerprint density at radius 2 is 1.88 bits per heavy atom. The van der Waals surface area contributed by atoms with E-state index in [1.165, 1.54) is 0 Å². The smallest absolute Gasteiger partial charge is 0.224 e. The number of benzene rings is 2. The molecule has 0 unspecified atom stereocenters. The largest absolute Gasteiger partial charge is 0.497 e. The van der Waals surface area contributed by atoms with Crippen LogP contribution in [0.1, 0.15) is 5.56 Å². The lowest BCUT2D eigenvalue weighted by Crippen LogP contribution is -2.05. The molecular weight excluding hydrogens is 352 g/mol. The monoisotopic (exact) mass is 370 g/mol. The number of aromatic nitrogens is 2. The Hall–Kier alpha value is -2.99. The van der Waals surface area contributed by atoms with Crippen molar-refractivity contribution in [1.29, 1.82) is 0 Å². The first-order valence-electron chi connectivity index (χ1n) is 7.99. The standard InChI is InChI=1S/C19H19ClN4O2/c1-25-14-7-8-17(26-2)16(11-14)23-18-9-10-21-19(24-18)22-12-13-5-3-4-6-15(13)20/h3-11H,12H2,1-2H3,(H2,21,22,23,24). The van der Waals surface area contributed by atoms with E-state index in [-0.39, 0.29) is 0 Å². The number of hydrogen-bond donors (Lipinski definition) is 2. The Labute approximate surface area is 157 Å². The van der Waals surface area contributed by atoms with Crippen LogP contribution in [0.15, 0.2) is 54.7 Å². The molecule has 0 aliphatic heterocycles. The molecule has 7 heteroatoms. The second kappa shape index (κ2) is 8.40. The number of nitrogens with one attached hydrogen (secondary N) is 2. The van der Waals surface area contributed by atoms with Crippen LogP contribution in [0.25, 0.3) is 0 Å². The normalized spacial score (nSPS) is 10.3. The summed E-state index contributed by atoms with van der Waals surface area (Å²) in [6, 6.07) is 14.9. The van der Waals surface area contributed by atoms with Gasteiger partial charge in [0, 0.05) is 23.8 Å². The van der Waals surface area contributed by atoms with Gasteiger partial charge in [-0.05, 0) is 29.8 Å². The van der Waals surface area contributed by atoms with Crippen LogP contribution in [0.5, 0.6) is 11.5 Å². The minimum absolute atomic E-state index is 0.497. The molecule has 134 valence electrons. The summed E-state index contributed by atoms with van der Waals surface area (Å²) in [5.74, 6) is 2.54. The Morgan fingerprint density at radius 1 is 1.04 bits per heavy atom. The van der Waals surface area contributed by atoms with Gasteiger partial charge in [-0.3, -0.25) is 0 Å². The highest BCUT2D eigenvalue weighted by Crippen LogP contribution is 2.31. The molecule has 0 aliphatic rings. The van der Waals surface area contributed by atoms with Gasteiger partial charge in [0.25, 0.3) is 0 Å². The fraction of sp³-hybridized carbons (Fsp3) is 0.158. The average molecular weight is 371 g/mol. The molecular formula is C19H19ClN4O2. The van der Waals surface area contributed by atoms with Gasteiger partial charge in [0.15, 0.2) is 0 Å². The molecule has 0 saturated heterocycles. The van der Waals surface area contributed by atoms with Crippen molar-refractivity contribution >= 4 is 29.1 Å². The molecule has 0 fully saturated rings. The molecule has 0 radical (unpaired) electrons. The van der Waals surface area contributed by atoms with Crippen LogP contribution in [0.4, 0.5) is 17.5 Å². The lowest BCUT2D eigenvalue weighted by molar-refractivity contribution is 0.405. The number of ether oxygens (including phenoxy) is 2. The summed E-state index contributed by atoms with van der Waals surface area (Å²) in [7, 11) is 3.23. The second-order valence-electron chi connectivity index (χ2n) is 5.40. The van der Waals surface area contributed by atoms with Gasteiger partial charge >= 0.3 is 0 Å². The zero-order valence-corrected chi connectivity index (χ0v) is 15.2. The molecule has 0 aliphatic carbocycles. The van der Waals surface area contributed by atoms with Gasteiger partial charge in [-0.25, -0.2) is 4.98 Å². The number of hydrogen-bond acceptors (Lipinski definition) is 6. The topological polar surface area (TPSA) is 68.3 Å². The maximum atomic E-state index is 6.17. The Balaban J connectivity index is 1.74. The summed E-state index contributed by atoms with van der Waals surface area (Å²) in [5, 5.41) is 7.11. The van der Waals surface area contributed by atoms with Crippen molar-refractivity contribution in [2.75, 3.05) is 24.9 Å². The fourth-order valence-corrected chi connectivity index (χ4v) is 2.58. The molecule has 0 spiro atoms. The van der Waals surface area contributed by atoms with Gasteiger partial charge in [0.2, 0.25) is 5.95 Å². The lowest BCUT2D eigenvalue weighted by Gasteiger charge is -2.13. The fourth-order valence-electron chi connectivity index (χ4n) is 2.38. The van der Waals surface area contributed by atoms with Crippen LogP contribution in [-0.2, 0) is 6.54 Å². The third-order valence-corrected chi connectivity index (χ3v) is 4.09. The van der Waals surface area contributed by atoms with E-state index in [0.29, 0.717) is 29.1 Å². The van der Waals surface area contributed by atoms with Gasteiger partial charge in [-0.15, -0.1) is 0 Å². The molecule has 2 aromatic carbocycles. The van der Waals surface area contributed by atoms with E-state index < -0.39 is 0 Å². The van der Waals surface area contributed by atoms with E-state index in [9.17, 15) is 0 Å². The van der Waals surface area contributed by atoms with Crippen molar-refractivity contribution in [3.63, 3.8) is 0 Å². The molecule has 1 heterocycles. The molecule has 3 rings (SSSR count). The van der Waals surface area contributed by atoms with Crippen molar-refractivity contribution in [2.24, 2.45) is 0 Å². The number of nitrogens with zero attached hydrogens (tertiary/aromatic N) is 2. The van der Waals surface area contributed by atoms with E-state index in [0.717, 1.165) is 17.0 Å². The highest BCUT2D eigenvalue weighted by molar-refractivity contribution is 6.31. The van der Waals surface area contributed by atoms with E-state index in [2.05, 4.69) is 20.6 Å². The van der Waals surface area contributed by atoms with Crippen LogP contribution in [0.2, 0.25) is 5.02 Å². The first-order valence-corrected chi connectivity index (χ1v) is 8.37. The van der Waals surface area contributed by atoms with Crippen LogP contribution in [0, 0.1) is 0 Å². The molecule has 3 aromatic rings. The molecule has 2 N–H and O–H groups in total. The van der Waals surface area contributed by atoms with E-state index in [1.54, 1.807) is 26.5 Å². The Morgan fingerprint density at radius 3 is 2.65 bits per heavy atom. The Kier molecular flexibility index (Phi) is 5.76. The number of anilines is 3. The van der Waals surface area contributed by atoms with Gasteiger partial charge < -0.3 is 20.1 Å². The van der Waals surface area contributed by atoms with Crippen molar-refractivity contribution < 1.29 is 9.47 Å². The van der Waals surface area contributed by atoms with Gasteiger partial charge in [0.05, 0.1) is 19.9 Å². The quantitative estimate of drug-likeness (QED) is 0.638. The third-order valence-electron chi connectivity index (χ3n) is 3.72. The van der Waals surface area contributed by atoms with E-state index in [4.69, 9.17) is 21.1 Å². The minimum atomic E-state index is 0.497. The predicted molar refractivity (Wildman–Crippen MR) is 104 cm³/mol. The van der Waals surface area contributed by atoms with Crippen LogP contribution >= 0.6 is 11.6 Å². The first kappa shape index (κ1) is 17.8. The van der Waals surface area contributed by atoms with Crippen molar-refractivity contribution in [2.45, 2.75) is 6.54 Å². The summed E-state index contributed by atoms with van der Waals surface area (Å²) >= 11 is 6.17.